The van der Waals surface area contributed by atoms with Crippen molar-refractivity contribution >= 4 is 44.7 Å². The fraction of sp³-hybridized carbons (Fsp3) is 0. The van der Waals surface area contributed by atoms with Crippen LogP contribution in [0.2, 0.25) is 0 Å². The lowest BCUT2D eigenvalue weighted by Gasteiger charge is -2.09. The van der Waals surface area contributed by atoms with Crippen LogP contribution in [0.4, 0.5) is 5.69 Å². The first kappa shape index (κ1) is 18.0. The lowest BCUT2D eigenvalue weighted by atomic mass is 10.1. The lowest BCUT2D eigenvalue weighted by molar-refractivity contribution is 0.102. The van der Waals surface area contributed by atoms with Crippen LogP contribution in [-0.4, -0.2) is 30.4 Å². The summed E-state index contributed by atoms with van der Waals surface area (Å²) in [7, 11) is 0. The summed E-state index contributed by atoms with van der Waals surface area (Å²) in [4.78, 5) is 26.9. The highest BCUT2D eigenvalue weighted by Crippen LogP contribution is 2.30. The van der Waals surface area contributed by atoms with Gasteiger partial charge in [0.05, 0.1) is 34.3 Å². The second-order valence-corrected chi connectivity index (χ2v) is 7.43. The molecule has 2 aromatic carbocycles. The number of para-hydroxylation sites is 3. The lowest BCUT2D eigenvalue weighted by Crippen LogP contribution is -2.14. The van der Waals surface area contributed by atoms with Crippen LogP contribution in [0.5, 0.6) is 0 Å². The molecule has 0 bridgehead atoms. The molecule has 3 aromatic heterocycles. The maximum Gasteiger partial charge on any atom is 0.275 e. The molecule has 146 valence electrons. The van der Waals surface area contributed by atoms with E-state index in [2.05, 4.69) is 26.8 Å². The molecule has 0 aliphatic rings. The van der Waals surface area contributed by atoms with Crippen LogP contribution in [0.3, 0.4) is 0 Å². The zero-order chi connectivity index (χ0) is 20.7. The molecule has 0 fully saturated rings. The number of hydrogen-bond donors (Lipinski definition) is 2. The van der Waals surface area contributed by atoms with E-state index in [1.165, 1.54) is 17.5 Å². The highest BCUT2D eigenvalue weighted by atomic mass is 32.1. The SMILES string of the molecule is C=C(O)c1csc2nc(-c3ccccc3NC(=O)c3cnc4ccccc4n3)cn12. The molecule has 0 atom stereocenters. The number of aliphatic hydroxyl groups is 1. The number of amides is 1. The largest absolute Gasteiger partial charge is 0.506 e. The van der Waals surface area contributed by atoms with Crippen molar-refractivity contribution < 1.29 is 9.90 Å². The monoisotopic (exact) mass is 413 g/mol. The summed E-state index contributed by atoms with van der Waals surface area (Å²) >= 11 is 1.40. The number of aromatic nitrogens is 4. The van der Waals surface area contributed by atoms with E-state index in [-0.39, 0.29) is 17.4 Å². The van der Waals surface area contributed by atoms with E-state index in [0.717, 1.165) is 16.0 Å². The van der Waals surface area contributed by atoms with E-state index >= 15 is 0 Å². The van der Waals surface area contributed by atoms with E-state index in [4.69, 9.17) is 0 Å². The minimum Gasteiger partial charge on any atom is -0.506 e. The number of rotatable bonds is 4. The van der Waals surface area contributed by atoms with Crippen LogP contribution in [0.25, 0.3) is 33.0 Å². The van der Waals surface area contributed by atoms with Crippen LogP contribution in [-0.2, 0) is 0 Å². The minimum atomic E-state index is -0.355. The fourth-order valence-corrected chi connectivity index (χ4v) is 4.07. The Hall–Kier alpha value is -4.04. The van der Waals surface area contributed by atoms with Crippen LogP contribution >= 0.6 is 11.3 Å². The van der Waals surface area contributed by atoms with Gasteiger partial charge in [0.15, 0.2) is 4.96 Å². The molecule has 3 heterocycles. The van der Waals surface area contributed by atoms with E-state index in [0.29, 0.717) is 22.6 Å². The van der Waals surface area contributed by atoms with Crippen LogP contribution < -0.4 is 5.32 Å². The number of imidazole rings is 1. The highest BCUT2D eigenvalue weighted by molar-refractivity contribution is 7.15. The van der Waals surface area contributed by atoms with Crippen molar-refractivity contribution in [2.45, 2.75) is 0 Å². The number of fused-ring (bicyclic) bond motifs is 2. The minimum absolute atomic E-state index is 0.0262. The number of aliphatic hydroxyl groups excluding tert-OH is 1. The first-order valence-electron chi connectivity index (χ1n) is 9.07. The molecule has 8 heteroatoms. The van der Waals surface area contributed by atoms with Gasteiger partial charge >= 0.3 is 0 Å². The zero-order valence-electron chi connectivity index (χ0n) is 15.6. The standard InChI is InChI=1S/C22H15N5O2S/c1-13(28)20-12-30-22-26-19(11-27(20)22)14-6-2-3-7-15(14)25-21(29)18-10-23-16-8-4-5-9-17(16)24-18/h2-12,28H,1H2,(H,25,29). The summed E-state index contributed by atoms with van der Waals surface area (Å²) in [5, 5.41) is 14.5. The Morgan fingerprint density at radius 1 is 1.07 bits per heavy atom. The third kappa shape index (κ3) is 3.09. The number of anilines is 1. The summed E-state index contributed by atoms with van der Waals surface area (Å²) < 4.78 is 1.77. The molecule has 0 saturated heterocycles. The first-order chi connectivity index (χ1) is 14.6. The van der Waals surface area contributed by atoms with Crippen LogP contribution in [0.15, 0.2) is 72.9 Å². The molecule has 5 rings (SSSR count). The molecule has 2 N–H and O–H groups in total. The van der Waals surface area contributed by atoms with Gasteiger partial charge in [0.1, 0.15) is 11.5 Å². The second-order valence-electron chi connectivity index (χ2n) is 6.59. The Labute approximate surface area is 175 Å². The number of nitrogens with one attached hydrogen (secondary N) is 1. The Balaban J connectivity index is 1.50. The number of carbonyl (C=O) groups is 1. The zero-order valence-corrected chi connectivity index (χ0v) is 16.4. The Kier molecular flexibility index (Phi) is 4.26. The molecular weight excluding hydrogens is 398 g/mol. The molecule has 0 radical (unpaired) electrons. The Morgan fingerprint density at radius 3 is 2.67 bits per heavy atom. The molecule has 0 unspecified atom stereocenters. The summed E-state index contributed by atoms with van der Waals surface area (Å²) in [6.45, 7) is 3.59. The number of hydrogen-bond acceptors (Lipinski definition) is 6. The summed E-state index contributed by atoms with van der Waals surface area (Å²) in [5.74, 6) is -0.382. The topological polar surface area (TPSA) is 92.4 Å². The van der Waals surface area contributed by atoms with E-state index in [1.807, 2.05) is 48.7 Å². The Bertz CT molecular complexity index is 1440. The fourth-order valence-electron chi connectivity index (χ4n) is 3.19. The van der Waals surface area contributed by atoms with Crippen molar-refractivity contribution in [3.05, 3.63) is 84.3 Å². The summed E-state index contributed by atoms with van der Waals surface area (Å²) in [6, 6.07) is 14.8. The normalized spacial score (nSPS) is 11.1. The number of carbonyl (C=O) groups excluding carboxylic acids is 1. The van der Waals surface area contributed by atoms with Crippen molar-refractivity contribution in [2.75, 3.05) is 5.32 Å². The van der Waals surface area contributed by atoms with Crippen LogP contribution in [0.1, 0.15) is 16.2 Å². The van der Waals surface area contributed by atoms with Crippen molar-refractivity contribution in [3.63, 3.8) is 0 Å². The third-order valence-corrected chi connectivity index (χ3v) is 5.48. The molecule has 0 spiro atoms. The van der Waals surface area contributed by atoms with Gasteiger partial charge in [-0.15, -0.1) is 11.3 Å². The number of nitrogens with zero attached hydrogens (tertiary/aromatic N) is 4. The highest BCUT2D eigenvalue weighted by Gasteiger charge is 2.16. The second kappa shape index (κ2) is 7.09. The number of thiazole rings is 1. The van der Waals surface area contributed by atoms with Gasteiger partial charge in [0, 0.05) is 17.1 Å². The van der Waals surface area contributed by atoms with Gasteiger partial charge in [-0.1, -0.05) is 36.9 Å². The molecule has 0 aliphatic carbocycles. The van der Waals surface area contributed by atoms with Crippen molar-refractivity contribution in [1.29, 1.82) is 0 Å². The predicted molar refractivity (Wildman–Crippen MR) is 118 cm³/mol. The van der Waals surface area contributed by atoms with E-state index < -0.39 is 0 Å². The molecule has 30 heavy (non-hydrogen) atoms. The first-order valence-corrected chi connectivity index (χ1v) is 9.95. The van der Waals surface area contributed by atoms with Gasteiger partial charge in [-0.25, -0.2) is 9.97 Å². The number of benzene rings is 2. The van der Waals surface area contributed by atoms with Crippen molar-refractivity contribution in [1.82, 2.24) is 19.4 Å². The van der Waals surface area contributed by atoms with Crippen LogP contribution in [0, 0.1) is 0 Å². The van der Waals surface area contributed by atoms with Gasteiger partial charge in [-0.2, -0.15) is 0 Å². The van der Waals surface area contributed by atoms with Gasteiger partial charge < -0.3 is 10.4 Å². The third-order valence-electron chi connectivity index (χ3n) is 4.64. The average molecular weight is 413 g/mol. The quantitative estimate of drug-likeness (QED) is 0.414. The molecule has 5 aromatic rings. The van der Waals surface area contributed by atoms with Gasteiger partial charge in [0.2, 0.25) is 0 Å². The summed E-state index contributed by atoms with van der Waals surface area (Å²) in [5.41, 5.74) is 4.23. The van der Waals surface area contributed by atoms with E-state index in [1.54, 1.807) is 15.8 Å². The van der Waals surface area contributed by atoms with Gasteiger partial charge in [-0.3, -0.25) is 14.2 Å². The predicted octanol–water partition coefficient (Wildman–Crippen LogP) is 4.79. The van der Waals surface area contributed by atoms with Crippen molar-refractivity contribution in [2.24, 2.45) is 0 Å². The average Bonchev–Trinajstić information content (AvgIpc) is 3.34. The molecule has 1 amide bonds. The molecule has 7 nitrogen and oxygen atoms in total. The molecule has 0 aliphatic heterocycles. The van der Waals surface area contributed by atoms with Gasteiger partial charge in [0.25, 0.3) is 5.91 Å². The van der Waals surface area contributed by atoms with E-state index in [9.17, 15) is 9.90 Å². The Morgan fingerprint density at radius 2 is 1.83 bits per heavy atom. The molecular formula is C22H15N5O2S. The van der Waals surface area contributed by atoms with Crippen molar-refractivity contribution in [3.8, 4) is 11.3 Å². The smallest absolute Gasteiger partial charge is 0.275 e. The maximum absolute atomic E-state index is 12.8. The summed E-state index contributed by atoms with van der Waals surface area (Å²) in [6.07, 6.45) is 3.27. The molecule has 0 saturated carbocycles. The maximum atomic E-state index is 12.8. The van der Waals surface area contributed by atoms with Gasteiger partial charge in [-0.05, 0) is 18.2 Å².